The number of hydrogen-bond acceptors (Lipinski definition) is 3. The second kappa shape index (κ2) is 4.13. The number of hydrogen-bond donors (Lipinski definition) is 0. The molecule has 0 aliphatic carbocycles. The molecule has 2 unspecified atom stereocenters. The Labute approximate surface area is 83.3 Å². The Hall–Kier alpha value is 0.170. The predicted molar refractivity (Wildman–Crippen MR) is 48.9 cm³/mol. The summed E-state index contributed by atoms with van der Waals surface area (Å²) in [6, 6.07) is 0. The molecule has 2 atom stereocenters. The van der Waals surface area contributed by atoms with Gasteiger partial charge in [-0.25, -0.2) is 0 Å². The van der Waals surface area contributed by atoms with E-state index in [-0.39, 0.29) is 11.9 Å². The van der Waals surface area contributed by atoms with Crippen molar-refractivity contribution in [3.8, 4) is 0 Å². The second-order valence-electron chi connectivity index (χ2n) is 3.58. The lowest BCUT2D eigenvalue weighted by molar-refractivity contribution is -0.174. The maximum atomic E-state index is 5.78. The third-order valence-corrected chi connectivity index (χ3v) is 2.90. The molecule has 2 rings (SSSR count). The summed E-state index contributed by atoms with van der Waals surface area (Å²) < 4.78 is 16.8. The Morgan fingerprint density at radius 3 is 3.00 bits per heavy atom. The SMILES string of the molecule is ClCC1COC2(CCCOCC2)O1. The average Bonchev–Trinajstić information content (AvgIpc) is 2.40. The van der Waals surface area contributed by atoms with Gasteiger partial charge in [0.15, 0.2) is 5.79 Å². The van der Waals surface area contributed by atoms with Crippen LogP contribution in [-0.4, -0.2) is 37.6 Å². The van der Waals surface area contributed by atoms with Crippen LogP contribution in [0.15, 0.2) is 0 Å². The standard InChI is InChI=1S/C9H15ClO3/c10-6-8-7-12-9(13-8)2-1-4-11-5-3-9/h8H,1-7H2. The molecule has 2 saturated heterocycles. The highest BCUT2D eigenvalue weighted by Gasteiger charge is 2.41. The molecule has 76 valence electrons. The van der Waals surface area contributed by atoms with Gasteiger partial charge in [0.05, 0.1) is 25.2 Å². The Bertz CT molecular complexity index is 166. The van der Waals surface area contributed by atoms with Gasteiger partial charge in [-0.3, -0.25) is 0 Å². The topological polar surface area (TPSA) is 27.7 Å². The first-order chi connectivity index (χ1) is 6.35. The molecular formula is C9H15ClO3. The zero-order valence-electron chi connectivity index (χ0n) is 7.63. The van der Waals surface area contributed by atoms with Crippen molar-refractivity contribution < 1.29 is 14.2 Å². The van der Waals surface area contributed by atoms with Gasteiger partial charge in [0.1, 0.15) is 0 Å². The molecule has 2 aliphatic rings. The van der Waals surface area contributed by atoms with Crippen molar-refractivity contribution in [1.82, 2.24) is 0 Å². The summed E-state index contributed by atoms with van der Waals surface area (Å²) >= 11 is 5.71. The molecule has 0 aromatic rings. The minimum Gasteiger partial charge on any atom is -0.381 e. The van der Waals surface area contributed by atoms with Gasteiger partial charge in [-0.05, 0) is 6.42 Å². The van der Waals surface area contributed by atoms with Crippen molar-refractivity contribution in [3.63, 3.8) is 0 Å². The lowest BCUT2D eigenvalue weighted by Gasteiger charge is -2.25. The highest BCUT2D eigenvalue weighted by molar-refractivity contribution is 6.18. The third-order valence-electron chi connectivity index (χ3n) is 2.56. The zero-order valence-corrected chi connectivity index (χ0v) is 8.39. The van der Waals surface area contributed by atoms with E-state index in [1.54, 1.807) is 0 Å². The summed E-state index contributed by atoms with van der Waals surface area (Å²) in [5.41, 5.74) is 0. The van der Waals surface area contributed by atoms with Crippen molar-refractivity contribution in [1.29, 1.82) is 0 Å². The van der Waals surface area contributed by atoms with E-state index in [4.69, 9.17) is 25.8 Å². The molecule has 0 amide bonds. The first-order valence-electron chi connectivity index (χ1n) is 4.80. The lowest BCUT2D eigenvalue weighted by Crippen LogP contribution is -2.31. The fourth-order valence-corrected chi connectivity index (χ4v) is 2.01. The predicted octanol–water partition coefficient (Wildman–Crippen LogP) is 1.54. The fraction of sp³-hybridized carbons (Fsp3) is 1.00. The van der Waals surface area contributed by atoms with E-state index in [0.29, 0.717) is 12.5 Å². The van der Waals surface area contributed by atoms with Crippen LogP contribution in [-0.2, 0) is 14.2 Å². The van der Waals surface area contributed by atoms with Gasteiger partial charge in [-0.15, -0.1) is 11.6 Å². The van der Waals surface area contributed by atoms with Crippen LogP contribution in [0.4, 0.5) is 0 Å². The van der Waals surface area contributed by atoms with Crippen molar-refractivity contribution in [3.05, 3.63) is 0 Å². The quantitative estimate of drug-likeness (QED) is 0.610. The third kappa shape index (κ3) is 2.15. The minimum absolute atomic E-state index is 0.0692. The van der Waals surface area contributed by atoms with E-state index < -0.39 is 0 Å². The summed E-state index contributed by atoms with van der Waals surface area (Å²) in [5, 5.41) is 0. The molecule has 0 saturated carbocycles. The fourth-order valence-electron chi connectivity index (χ4n) is 1.85. The highest BCUT2D eigenvalue weighted by Crippen LogP contribution is 2.33. The molecule has 13 heavy (non-hydrogen) atoms. The zero-order chi connectivity index (χ0) is 9.15. The number of alkyl halides is 1. The van der Waals surface area contributed by atoms with E-state index in [1.165, 1.54) is 0 Å². The van der Waals surface area contributed by atoms with Gasteiger partial charge in [0, 0.05) is 19.4 Å². The Balaban J connectivity index is 1.95. The van der Waals surface area contributed by atoms with Crippen LogP contribution in [0.1, 0.15) is 19.3 Å². The lowest BCUT2D eigenvalue weighted by atomic mass is 10.1. The average molecular weight is 207 g/mol. The van der Waals surface area contributed by atoms with Gasteiger partial charge >= 0.3 is 0 Å². The van der Waals surface area contributed by atoms with Crippen LogP contribution in [0.5, 0.6) is 0 Å². The van der Waals surface area contributed by atoms with Crippen LogP contribution in [0.2, 0.25) is 0 Å². The summed E-state index contributed by atoms with van der Waals surface area (Å²) in [4.78, 5) is 0. The van der Waals surface area contributed by atoms with Crippen LogP contribution >= 0.6 is 11.6 Å². The van der Waals surface area contributed by atoms with E-state index in [2.05, 4.69) is 0 Å². The van der Waals surface area contributed by atoms with Crippen molar-refractivity contribution in [2.24, 2.45) is 0 Å². The van der Waals surface area contributed by atoms with Crippen LogP contribution in [0, 0.1) is 0 Å². The van der Waals surface area contributed by atoms with Crippen LogP contribution < -0.4 is 0 Å². The highest BCUT2D eigenvalue weighted by atomic mass is 35.5. The van der Waals surface area contributed by atoms with Crippen molar-refractivity contribution in [2.45, 2.75) is 31.2 Å². The Morgan fingerprint density at radius 2 is 2.23 bits per heavy atom. The number of rotatable bonds is 1. The smallest absolute Gasteiger partial charge is 0.171 e. The summed E-state index contributed by atoms with van der Waals surface area (Å²) in [6.07, 6.45) is 2.84. The van der Waals surface area contributed by atoms with Crippen molar-refractivity contribution >= 4 is 11.6 Å². The van der Waals surface area contributed by atoms with Gasteiger partial charge in [0.25, 0.3) is 0 Å². The molecule has 3 nitrogen and oxygen atoms in total. The molecule has 0 bridgehead atoms. The number of ether oxygens (including phenoxy) is 3. The van der Waals surface area contributed by atoms with E-state index in [0.717, 1.165) is 32.5 Å². The maximum Gasteiger partial charge on any atom is 0.171 e. The van der Waals surface area contributed by atoms with Gasteiger partial charge < -0.3 is 14.2 Å². The molecule has 2 aliphatic heterocycles. The summed E-state index contributed by atoms with van der Waals surface area (Å²) in [5.74, 6) is 0.138. The van der Waals surface area contributed by atoms with Gasteiger partial charge in [0.2, 0.25) is 0 Å². The number of halogens is 1. The monoisotopic (exact) mass is 206 g/mol. The molecule has 0 aromatic carbocycles. The van der Waals surface area contributed by atoms with E-state index >= 15 is 0 Å². The molecular weight excluding hydrogens is 192 g/mol. The maximum absolute atomic E-state index is 5.78. The van der Waals surface area contributed by atoms with Gasteiger partial charge in [-0.2, -0.15) is 0 Å². The van der Waals surface area contributed by atoms with E-state index in [9.17, 15) is 0 Å². The Kier molecular flexibility index (Phi) is 3.09. The summed E-state index contributed by atoms with van der Waals surface area (Å²) in [7, 11) is 0. The minimum atomic E-state index is -0.379. The second-order valence-corrected chi connectivity index (χ2v) is 3.89. The molecule has 1 spiro atoms. The molecule has 0 aromatic heterocycles. The van der Waals surface area contributed by atoms with E-state index in [1.807, 2.05) is 0 Å². The molecule has 0 N–H and O–H groups in total. The first kappa shape index (κ1) is 9.71. The molecule has 0 radical (unpaired) electrons. The van der Waals surface area contributed by atoms with Gasteiger partial charge in [-0.1, -0.05) is 0 Å². The largest absolute Gasteiger partial charge is 0.381 e. The molecule has 2 heterocycles. The first-order valence-corrected chi connectivity index (χ1v) is 5.34. The summed E-state index contributed by atoms with van der Waals surface area (Å²) in [6.45, 7) is 2.18. The molecule has 4 heteroatoms. The van der Waals surface area contributed by atoms with Crippen molar-refractivity contribution in [2.75, 3.05) is 25.7 Å². The normalized spacial score (nSPS) is 40.8. The van der Waals surface area contributed by atoms with Crippen LogP contribution in [0.3, 0.4) is 0 Å². The Morgan fingerprint density at radius 1 is 1.31 bits per heavy atom. The van der Waals surface area contributed by atoms with Crippen LogP contribution in [0.25, 0.3) is 0 Å². The molecule has 2 fully saturated rings.